The molecule has 47 heavy (non-hydrogen) atoms. The third-order valence-electron chi connectivity index (χ3n) is 7.36. The second-order valence-corrected chi connectivity index (χ2v) is 14.1. The van der Waals surface area contributed by atoms with Crippen LogP contribution in [0.4, 0.5) is 0 Å². The van der Waals surface area contributed by atoms with E-state index in [1.54, 1.807) is 0 Å². The molecule has 0 saturated heterocycles. The largest absolute Gasteiger partial charge is 0.481 e. The van der Waals surface area contributed by atoms with Crippen molar-refractivity contribution < 1.29 is 48.9 Å². The first-order valence-electron chi connectivity index (χ1n) is 16.5. The van der Waals surface area contributed by atoms with Crippen molar-refractivity contribution in [3.05, 3.63) is 0 Å². The highest BCUT2D eigenvalue weighted by Crippen LogP contribution is 2.21. The van der Waals surface area contributed by atoms with E-state index in [4.69, 9.17) is 5.11 Å². The molecule has 0 aliphatic carbocycles. The Morgan fingerprint density at radius 3 is 1.68 bits per heavy atom. The molecule has 14 nitrogen and oxygen atoms in total. The molecule has 0 aromatic carbocycles. The van der Waals surface area contributed by atoms with E-state index < -0.39 is 47.1 Å². The molecule has 3 amide bonds. The molecule has 0 aromatic rings. The standard InChI is InChI=1S/C33H58N4O10/c1-32(2,3)29(43)23(37-33(4,5)6)13-11-12-20-34-25(38)18-16-22(30(44)45)21-35-26(39)19-17-24(31(46)47)36-27(40)14-9-7-8-10-15-28(41)42/h22-24,37H,7-21H2,1-6H3,(H,34,38)(H,35,39)(H,36,40)(H,41,42)(H,44,45)(H,46,47)/t22-,23+,24+/m1/s1. The highest BCUT2D eigenvalue weighted by Gasteiger charge is 2.31. The molecule has 0 unspecified atom stereocenters. The van der Waals surface area contributed by atoms with Crippen LogP contribution in [0.15, 0.2) is 0 Å². The number of rotatable bonds is 25. The number of hydrogen-bond donors (Lipinski definition) is 7. The first kappa shape index (κ1) is 43.5. The van der Waals surface area contributed by atoms with Gasteiger partial charge in [-0.3, -0.25) is 28.8 Å². The van der Waals surface area contributed by atoms with Crippen molar-refractivity contribution in [2.45, 2.75) is 143 Å². The number of carboxylic acids is 3. The Labute approximate surface area is 278 Å². The molecule has 7 N–H and O–H groups in total. The number of carbonyl (C=O) groups is 7. The van der Waals surface area contributed by atoms with Crippen LogP contribution in [0.5, 0.6) is 0 Å². The summed E-state index contributed by atoms with van der Waals surface area (Å²) in [4.78, 5) is 83.4. The van der Waals surface area contributed by atoms with Gasteiger partial charge in [0.25, 0.3) is 0 Å². The second kappa shape index (κ2) is 22.1. The molecule has 0 aliphatic rings. The van der Waals surface area contributed by atoms with Gasteiger partial charge in [0.15, 0.2) is 5.78 Å². The smallest absolute Gasteiger partial charge is 0.326 e. The van der Waals surface area contributed by atoms with E-state index in [0.717, 1.165) is 0 Å². The minimum atomic E-state index is -1.30. The van der Waals surface area contributed by atoms with Crippen LogP contribution in [0.25, 0.3) is 0 Å². The van der Waals surface area contributed by atoms with E-state index in [0.29, 0.717) is 51.5 Å². The van der Waals surface area contributed by atoms with Gasteiger partial charge in [-0.2, -0.15) is 0 Å². The van der Waals surface area contributed by atoms with Crippen LogP contribution < -0.4 is 21.3 Å². The number of amides is 3. The average Bonchev–Trinajstić information content (AvgIpc) is 2.94. The van der Waals surface area contributed by atoms with Gasteiger partial charge in [0.1, 0.15) is 6.04 Å². The van der Waals surface area contributed by atoms with Gasteiger partial charge < -0.3 is 36.6 Å². The fourth-order valence-corrected chi connectivity index (χ4v) is 4.76. The molecule has 0 aromatic heterocycles. The van der Waals surface area contributed by atoms with Gasteiger partial charge >= 0.3 is 17.9 Å². The van der Waals surface area contributed by atoms with E-state index in [9.17, 15) is 43.8 Å². The molecule has 0 rings (SSSR count). The Morgan fingerprint density at radius 2 is 1.15 bits per heavy atom. The van der Waals surface area contributed by atoms with Crippen LogP contribution >= 0.6 is 0 Å². The molecule has 0 radical (unpaired) electrons. The molecule has 0 aliphatic heterocycles. The summed E-state index contributed by atoms with van der Waals surface area (Å²) in [5.74, 6) is -5.65. The van der Waals surface area contributed by atoms with Gasteiger partial charge in [-0.05, 0) is 65.7 Å². The van der Waals surface area contributed by atoms with Crippen LogP contribution in [0, 0.1) is 11.3 Å². The zero-order chi connectivity index (χ0) is 36.2. The molecule has 0 fully saturated rings. The molecule has 0 heterocycles. The Hall–Kier alpha value is -3.55. The summed E-state index contributed by atoms with van der Waals surface area (Å²) >= 11 is 0. The lowest BCUT2D eigenvalue weighted by molar-refractivity contribution is -0.142. The lowest BCUT2D eigenvalue weighted by Gasteiger charge is -2.31. The average molecular weight is 671 g/mol. The van der Waals surface area contributed by atoms with Crippen molar-refractivity contribution in [2.75, 3.05) is 13.1 Å². The summed E-state index contributed by atoms with van der Waals surface area (Å²) < 4.78 is 0. The molecule has 0 spiro atoms. The fourth-order valence-electron chi connectivity index (χ4n) is 4.76. The number of carboxylic acid groups (broad SMARTS) is 3. The first-order chi connectivity index (χ1) is 21.7. The number of ketones is 1. The molecular weight excluding hydrogens is 612 g/mol. The topological polar surface area (TPSA) is 228 Å². The van der Waals surface area contributed by atoms with E-state index in [-0.39, 0.29) is 68.3 Å². The Kier molecular flexibility index (Phi) is 20.4. The number of aliphatic carboxylic acids is 3. The normalized spacial score (nSPS) is 13.6. The highest BCUT2D eigenvalue weighted by atomic mass is 16.4. The highest BCUT2D eigenvalue weighted by molar-refractivity contribution is 5.88. The summed E-state index contributed by atoms with van der Waals surface area (Å²) in [6.45, 7) is 11.8. The molecule has 14 heteroatoms. The number of hydrogen-bond acceptors (Lipinski definition) is 8. The molecule has 0 saturated carbocycles. The summed E-state index contributed by atoms with van der Waals surface area (Å²) in [6.07, 6.45) is 3.84. The van der Waals surface area contributed by atoms with Crippen LogP contribution in [0.2, 0.25) is 0 Å². The van der Waals surface area contributed by atoms with Crippen LogP contribution in [0.1, 0.15) is 125 Å². The van der Waals surface area contributed by atoms with Gasteiger partial charge in [-0.25, -0.2) is 4.79 Å². The summed E-state index contributed by atoms with van der Waals surface area (Å²) in [5.41, 5.74) is -0.712. The summed E-state index contributed by atoms with van der Waals surface area (Å²) in [5, 5.41) is 38.6. The second-order valence-electron chi connectivity index (χ2n) is 14.1. The predicted octanol–water partition coefficient (Wildman–Crippen LogP) is 3.02. The minimum Gasteiger partial charge on any atom is -0.481 e. The van der Waals surface area contributed by atoms with Gasteiger partial charge in [0, 0.05) is 49.7 Å². The lowest BCUT2D eigenvalue weighted by Crippen LogP contribution is -2.50. The van der Waals surface area contributed by atoms with Crippen molar-refractivity contribution in [2.24, 2.45) is 11.3 Å². The summed E-state index contributed by atoms with van der Waals surface area (Å²) in [7, 11) is 0. The lowest BCUT2D eigenvalue weighted by atomic mass is 9.84. The van der Waals surface area contributed by atoms with Crippen LogP contribution in [0.3, 0.4) is 0 Å². The van der Waals surface area contributed by atoms with E-state index in [2.05, 4.69) is 21.3 Å². The first-order valence-corrected chi connectivity index (χ1v) is 16.5. The van der Waals surface area contributed by atoms with Gasteiger partial charge in [0.2, 0.25) is 17.7 Å². The number of carbonyl (C=O) groups excluding carboxylic acids is 4. The molecule has 3 atom stereocenters. The minimum absolute atomic E-state index is 0.0107. The van der Waals surface area contributed by atoms with Crippen molar-refractivity contribution in [1.82, 2.24) is 21.3 Å². The van der Waals surface area contributed by atoms with Crippen molar-refractivity contribution >= 4 is 41.4 Å². The number of unbranched alkanes of at least 4 members (excludes halogenated alkanes) is 4. The zero-order valence-electron chi connectivity index (χ0n) is 29.0. The van der Waals surface area contributed by atoms with Crippen molar-refractivity contribution in [3.63, 3.8) is 0 Å². The monoisotopic (exact) mass is 670 g/mol. The number of Topliss-reactive ketones (excluding diaryl/α,β-unsaturated/α-hetero) is 1. The molecule has 0 bridgehead atoms. The third kappa shape index (κ3) is 22.6. The summed E-state index contributed by atoms with van der Waals surface area (Å²) in [6, 6.07) is -1.59. The Morgan fingerprint density at radius 1 is 0.574 bits per heavy atom. The van der Waals surface area contributed by atoms with Crippen molar-refractivity contribution in [3.8, 4) is 0 Å². The van der Waals surface area contributed by atoms with Gasteiger partial charge in [-0.15, -0.1) is 0 Å². The molecular formula is C33H58N4O10. The third-order valence-corrected chi connectivity index (χ3v) is 7.36. The fraction of sp³-hybridized carbons (Fsp3) is 0.788. The molecule has 270 valence electrons. The number of nitrogens with one attached hydrogen (secondary N) is 4. The predicted molar refractivity (Wildman–Crippen MR) is 176 cm³/mol. The maximum atomic E-state index is 12.9. The Balaban J connectivity index is 4.50. The van der Waals surface area contributed by atoms with Crippen LogP contribution in [-0.4, -0.2) is 87.4 Å². The van der Waals surface area contributed by atoms with Gasteiger partial charge in [0.05, 0.1) is 12.0 Å². The Bertz CT molecular complexity index is 1050. The maximum absolute atomic E-state index is 12.9. The van der Waals surface area contributed by atoms with Crippen LogP contribution in [-0.2, 0) is 33.6 Å². The quantitative estimate of drug-likeness (QED) is 0.0698. The van der Waals surface area contributed by atoms with Crippen molar-refractivity contribution in [1.29, 1.82) is 0 Å². The maximum Gasteiger partial charge on any atom is 0.326 e. The SMILES string of the molecule is CC(C)(C)N[C@@H](CCCCNC(=O)CC[C@H](CNC(=O)CC[C@H](NC(=O)CCCCCCC(=O)O)C(=O)O)C(=O)O)C(=O)C(C)(C)C. The van der Waals surface area contributed by atoms with Gasteiger partial charge in [-0.1, -0.05) is 33.6 Å². The van der Waals surface area contributed by atoms with E-state index in [1.807, 2.05) is 41.5 Å². The van der Waals surface area contributed by atoms with E-state index in [1.165, 1.54) is 0 Å². The zero-order valence-corrected chi connectivity index (χ0v) is 29.0. The van der Waals surface area contributed by atoms with E-state index >= 15 is 0 Å².